The molecule has 3 aromatic rings. The zero-order valence-corrected chi connectivity index (χ0v) is 9.39. The number of halogens is 1. The molecular weight excluding hydrogens is 215 g/mol. The van der Waals surface area contributed by atoms with E-state index in [0.29, 0.717) is 0 Å². The maximum atomic E-state index is 13.1. The minimum Gasteiger partial charge on any atom is -0.301 e. The summed E-state index contributed by atoms with van der Waals surface area (Å²) in [7, 11) is 0. The summed E-state index contributed by atoms with van der Waals surface area (Å²) in [6.45, 7) is 2.02. The molecule has 0 aliphatic heterocycles. The van der Waals surface area contributed by atoms with E-state index in [2.05, 4.69) is 4.98 Å². The fraction of sp³-hybridized carbons (Fsp3) is 0.0714. The van der Waals surface area contributed by atoms with Gasteiger partial charge in [-0.25, -0.2) is 9.37 Å². The molecule has 3 heteroatoms. The quantitative estimate of drug-likeness (QED) is 0.621. The fourth-order valence-electron chi connectivity index (χ4n) is 1.97. The largest absolute Gasteiger partial charge is 0.301 e. The van der Waals surface area contributed by atoms with Crippen molar-refractivity contribution in [2.24, 2.45) is 0 Å². The van der Waals surface area contributed by atoms with E-state index in [1.807, 2.05) is 35.9 Å². The third-order valence-electron chi connectivity index (χ3n) is 2.80. The third kappa shape index (κ3) is 1.69. The van der Waals surface area contributed by atoms with Crippen LogP contribution in [-0.2, 0) is 0 Å². The van der Waals surface area contributed by atoms with E-state index in [-0.39, 0.29) is 5.82 Å². The molecule has 0 fully saturated rings. The molecule has 0 saturated heterocycles. The highest BCUT2D eigenvalue weighted by atomic mass is 19.1. The molecule has 0 saturated carbocycles. The Labute approximate surface area is 98.3 Å². The van der Waals surface area contributed by atoms with Crippen molar-refractivity contribution in [3.63, 3.8) is 0 Å². The number of pyridine rings is 1. The van der Waals surface area contributed by atoms with Crippen LogP contribution in [0.3, 0.4) is 0 Å². The summed E-state index contributed by atoms with van der Waals surface area (Å²) < 4.78 is 15.0. The fourth-order valence-corrected chi connectivity index (χ4v) is 1.97. The molecule has 0 radical (unpaired) electrons. The lowest BCUT2D eigenvalue weighted by Gasteiger charge is -2.04. The summed E-state index contributed by atoms with van der Waals surface area (Å²) in [5.74, 6) is 0.638. The van der Waals surface area contributed by atoms with Crippen LogP contribution in [0, 0.1) is 12.7 Å². The summed E-state index contributed by atoms with van der Waals surface area (Å²) >= 11 is 0. The van der Waals surface area contributed by atoms with Gasteiger partial charge in [0.15, 0.2) is 0 Å². The first-order valence-electron chi connectivity index (χ1n) is 5.44. The Morgan fingerprint density at radius 2 is 2.00 bits per heavy atom. The van der Waals surface area contributed by atoms with Gasteiger partial charge in [0.05, 0.1) is 5.52 Å². The van der Waals surface area contributed by atoms with Crippen LogP contribution in [-0.4, -0.2) is 9.55 Å². The summed E-state index contributed by atoms with van der Waals surface area (Å²) in [5.41, 5.74) is 2.11. The standard InChI is InChI=1S/C14H11FN2/c1-10-4-6-16-14(8-10)17-7-5-11-9-12(15)2-3-13(11)17/h2-9H,1H3. The number of benzene rings is 1. The minimum atomic E-state index is -0.215. The lowest BCUT2D eigenvalue weighted by molar-refractivity contribution is 0.629. The van der Waals surface area contributed by atoms with Crippen LogP contribution in [0.15, 0.2) is 48.8 Å². The van der Waals surface area contributed by atoms with Crippen LogP contribution in [0.5, 0.6) is 0 Å². The van der Waals surface area contributed by atoms with Crippen molar-refractivity contribution in [3.05, 3.63) is 60.2 Å². The van der Waals surface area contributed by atoms with E-state index < -0.39 is 0 Å². The molecule has 2 aromatic heterocycles. The first kappa shape index (κ1) is 10.0. The Bertz CT molecular complexity index is 686. The second-order valence-corrected chi connectivity index (χ2v) is 4.08. The second-order valence-electron chi connectivity index (χ2n) is 4.08. The van der Waals surface area contributed by atoms with Gasteiger partial charge in [-0.3, -0.25) is 0 Å². The van der Waals surface area contributed by atoms with Crippen molar-refractivity contribution in [2.75, 3.05) is 0 Å². The van der Waals surface area contributed by atoms with Crippen molar-refractivity contribution < 1.29 is 4.39 Å². The van der Waals surface area contributed by atoms with Gasteiger partial charge in [-0.05, 0) is 48.9 Å². The molecule has 0 aliphatic carbocycles. The van der Waals surface area contributed by atoms with Crippen molar-refractivity contribution in [1.29, 1.82) is 0 Å². The van der Waals surface area contributed by atoms with Crippen LogP contribution in [0.25, 0.3) is 16.7 Å². The molecule has 0 atom stereocenters. The van der Waals surface area contributed by atoms with E-state index in [9.17, 15) is 4.39 Å². The number of aromatic nitrogens is 2. The first-order valence-corrected chi connectivity index (χ1v) is 5.44. The minimum absolute atomic E-state index is 0.215. The van der Waals surface area contributed by atoms with E-state index in [0.717, 1.165) is 22.3 Å². The molecule has 0 N–H and O–H groups in total. The molecule has 0 aliphatic rings. The Hall–Kier alpha value is -2.16. The van der Waals surface area contributed by atoms with Gasteiger partial charge in [0.25, 0.3) is 0 Å². The highest BCUT2D eigenvalue weighted by molar-refractivity contribution is 5.81. The Morgan fingerprint density at radius 1 is 1.12 bits per heavy atom. The zero-order valence-electron chi connectivity index (χ0n) is 9.39. The summed E-state index contributed by atoms with van der Waals surface area (Å²) in [5, 5.41) is 0.883. The van der Waals surface area contributed by atoms with Crippen LogP contribution in [0.1, 0.15) is 5.56 Å². The Balaban J connectivity index is 2.24. The molecule has 84 valence electrons. The normalized spacial score (nSPS) is 10.9. The summed E-state index contributed by atoms with van der Waals surface area (Å²) in [4.78, 5) is 4.32. The van der Waals surface area contributed by atoms with Gasteiger partial charge in [-0.2, -0.15) is 0 Å². The van der Waals surface area contributed by atoms with Crippen molar-refractivity contribution in [2.45, 2.75) is 6.92 Å². The predicted octanol–water partition coefficient (Wildman–Crippen LogP) is 3.47. The molecule has 1 aromatic carbocycles. The maximum Gasteiger partial charge on any atom is 0.137 e. The molecule has 0 amide bonds. The monoisotopic (exact) mass is 226 g/mol. The number of hydrogen-bond donors (Lipinski definition) is 0. The van der Waals surface area contributed by atoms with Gasteiger partial charge in [0.1, 0.15) is 11.6 Å². The average molecular weight is 226 g/mol. The van der Waals surface area contributed by atoms with Crippen LogP contribution in [0.4, 0.5) is 4.39 Å². The van der Waals surface area contributed by atoms with E-state index >= 15 is 0 Å². The highest BCUT2D eigenvalue weighted by Gasteiger charge is 2.04. The molecular formula is C14H11FN2. The van der Waals surface area contributed by atoms with E-state index in [4.69, 9.17) is 0 Å². The smallest absolute Gasteiger partial charge is 0.137 e. The second kappa shape index (κ2) is 3.70. The van der Waals surface area contributed by atoms with Crippen molar-refractivity contribution in [3.8, 4) is 5.82 Å². The predicted molar refractivity (Wildman–Crippen MR) is 65.8 cm³/mol. The average Bonchev–Trinajstić information content (AvgIpc) is 2.71. The lowest BCUT2D eigenvalue weighted by atomic mass is 10.2. The number of fused-ring (bicyclic) bond motifs is 1. The Morgan fingerprint density at radius 3 is 2.82 bits per heavy atom. The van der Waals surface area contributed by atoms with Gasteiger partial charge in [-0.1, -0.05) is 0 Å². The number of nitrogens with zero attached hydrogens (tertiary/aromatic N) is 2. The third-order valence-corrected chi connectivity index (χ3v) is 2.80. The van der Waals surface area contributed by atoms with Crippen molar-refractivity contribution >= 4 is 10.9 Å². The molecule has 2 heterocycles. The summed E-state index contributed by atoms with van der Waals surface area (Å²) in [6, 6.07) is 10.6. The topological polar surface area (TPSA) is 17.8 Å². The molecule has 0 unspecified atom stereocenters. The number of rotatable bonds is 1. The molecule has 0 spiro atoms. The first-order chi connectivity index (χ1) is 8.24. The van der Waals surface area contributed by atoms with Gasteiger partial charge < -0.3 is 4.57 Å². The number of hydrogen-bond acceptors (Lipinski definition) is 1. The van der Waals surface area contributed by atoms with E-state index in [1.165, 1.54) is 12.1 Å². The zero-order chi connectivity index (χ0) is 11.8. The van der Waals surface area contributed by atoms with Crippen molar-refractivity contribution in [1.82, 2.24) is 9.55 Å². The van der Waals surface area contributed by atoms with Gasteiger partial charge in [0.2, 0.25) is 0 Å². The molecule has 3 rings (SSSR count). The highest BCUT2D eigenvalue weighted by Crippen LogP contribution is 2.20. The Kier molecular flexibility index (Phi) is 2.18. The van der Waals surface area contributed by atoms with Gasteiger partial charge in [-0.15, -0.1) is 0 Å². The van der Waals surface area contributed by atoms with E-state index in [1.54, 1.807) is 12.3 Å². The van der Waals surface area contributed by atoms with Crippen LogP contribution < -0.4 is 0 Å². The SMILES string of the molecule is Cc1ccnc(-n2ccc3cc(F)ccc32)c1. The lowest BCUT2D eigenvalue weighted by Crippen LogP contribution is -1.95. The van der Waals surface area contributed by atoms with Gasteiger partial charge >= 0.3 is 0 Å². The van der Waals surface area contributed by atoms with Crippen LogP contribution >= 0.6 is 0 Å². The van der Waals surface area contributed by atoms with Crippen LogP contribution in [0.2, 0.25) is 0 Å². The maximum absolute atomic E-state index is 13.1. The molecule has 2 nitrogen and oxygen atoms in total. The molecule has 0 bridgehead atoms. The number of aryl methyl sites for hydroxylation is 1. The summed E-state index contributed by atoms with van der Waals surface area (Å²) in [6.07, 6.45) is 3.69. The van der Waals surface area contributed by atoms with Gasteiger partial charge in [0, 0.05) is 17.8 Å². The molecule has 17 heavy (non-hydrogen) atoms.